The number of ether oxygens (including phenoxy) is 11. The number of hydrogen-bond donors (Lipinski definition) is 1. The molecule has 6 aromatic rings. The first-order valence-electron chi connectivity index (χ1n) is 22.5. The van der Waals surface area contributed by atoms with Gasteiger partial charge < -0.3 is 57.2 Å². The van der Waals surface area contributed by atoms with Crippen molar-refractivity contribution in [2.24, 2.45) is 0 Å². The molecule has 9 rings (SSSR count). The van der Waals surface area contributed by atoms with Gasteiger partial charge in [-0.3, -0.25) is 0 Å². The van der Waals surface area contributed by atoms with Gasteiger partial charge in [0.2, 0.25) is 6.29 Å². The number of benzene rings is 5. The molecule has 14 heteroatoms. The fourth-order valence-corrected chi connectivity index (χ4v) is 8.43. The molecule has 3 aliphatic rings. The number of aliphatic hydroxyl groups is 1. The van der Waals surface area contributed by atoms with Crippen LogP contribution < -0.4 is 9.47 Å². The number of carbonyl (C=O) groups excluding carboxylic acids is 1. The number of fused-ring (bicyclic) bond motifs is 1. The molecule has 0 saturated carbocycles. The van der Waals surface area contributed by atoms with Crippen LogP contribution in [0.25, 0.3) is 10.9 Å². The largest absolute Gasteiger partial charge is 0.497 e. The van der Waals surface area contributed by atoms with Gasteiger partial charge in [0.1, 0.15) is 59.9 Å². The molecule has 350 valence electrons. The third-order valence-electron chi connectivity index (χ3n) is 11.8. The lowest BCUT2D eigenvalue weighted by Crippen LogP contribution is -2.48. The average molecular weight is 914 g/mol. The zero-order valence-electron chi connectivity index (χ0n) is 37.5. The summed E-state index contributed by atoms with van der Waals surface area (Å²) in [5.41, 5.74) is 3.44. The minimum Gasteiger partial charge on any atom is -0.497 e. The summed E-state index contributed by atoms with van der Waals surface area (Å²) in [6, 6.07) is 47.0. The first-order chi connectivity index (χ1) is 32.7. The molecule has 0 bridgehead atoms. The van der Waals surface area contributed by atoms with E-state index in [-0.39, 0.29) is 38.7 Å². The molecule has 3 fully saturated rings. The van der Waals surface area contributed by atoms with Crippen molar-refractivity contribution in [3.8, 4) is 11.5 Å². The molecule has 0 amide bonds. The topological polar surface area (TPSA) is 152 Å². The van der Waals surface area contributed by atoms with E-state index in [0.717, 1.165) is 22.1 Å². The molecular weight excluding hydrogens is 859 g/mol. The highest BCUT2D eigenvalue weighted by atomic mass is 16.8. The molecular formula is C53H55NO13. The molecule has 14 nitrogen and oxygen atoms in total. The summed E-state index contributed by atoms with van der Waals surface area (Å²) < 4.78 is 70.5. The van der Waals surface area contributed by atoms with Crippen LogP contribution in [-0.4, -0.2) is 104 Å². The van der Waals surface area contributed by atoms with Gasteiger partial charge in [0.15, 0.2) is 18.2 Å². The number of esters is 1. The summed E-state index contributed by atoms with van der Waals surface area (Å²) in [7, 11) is 1.58. The molecule has 1 unspecified atom stereocenters. The van der Waals surface area contributed by atoms with Crippen LogP contribution in [0.2, 0.25) is 0 Å². The number of para-hydroxylation sites is 1. The Hall–Kier alpha value is -5.78. The van der Waals surface area contributed by atoms with Crippen molar-refractivity contribution in [3.05, 3.63) is 174 Å². The predicted octanol–water partition coefficient (Wildman–Crippen LogP) is 7.58. The van der Waals surface area contributed by atoms with Crippen molar-refractivity contribution in [2.75, 3.05) is 20.3 Å². The van der Waals surface area contributed by atoms with Crippen LogP contribution in [0.15, 0.2) is 152 Å². The zero-order valence-corrected chi connectivity index (χ0v) is 37.5. The third-order valence-corrected chi connectivity index (χ3v) is 11.8. The van der Waals surface area contributed by atoms with E-state index in [1.165, 1.54) is 0 Å². The number of methoxy groups -OCH3 is 1. The van der Waals surface area contributed by atoms with Gasteiger partial charge in [-0.1, -0.05) is 115 Å². The number of aliphatic hydroxyl groups excluding tert-OH is 1. The molecule has 4 heterocycles. The van der Waals surface area contributed by atoms with E-state index in [2.05, 4.69) is 4.98 Å². The molecule has 5 aromatic carbocycles. The summed E-state index contributed by atoms with van der Waals surface area (Å²) >= 11 is 0. The monoisotopic (exact) mass is 913 g/mol. The Labute approximate surface area is 389 Å². The van der Waals surface area contributed by atoms with E-state index in [9.17, 15) is 9.90 Å². The predicted molar refractivity (Wildman–Crippen MR) is 244 cm³/mol. The van der Waals surface area contributed by atoms with Gasteiger partial charge >= 0.3 is 5.97 Å². The maximum atomic E-state index is 14.2. The Kier molecular flexibility index (Phi) is 14.8. The molecule has 1 N–H and O–H groups in total. The standard InChI is InChI=1S/C53H55NO13/c1-53(2)61-33-43(67-53)46-47(44(55)51(64-46)62-39-26-24-38(57-3)25-27-39)66-52-49(60-31-36-19-11-6-12-20-36)48(59-30-35-17-9-5-10-18-35)45(65-52)42(32-58-29-34-15-7-4-8-16-34)63-50(56)41-28-23-37-21-13-14-22-40(37)54-41/h4-28,42-49,51-52,55H,29-33H2,1-3H3/t42-,43-,44+,45-,46-,47+,48-,49+,51+,52?/m0/s1. The fraction of sp³-hybridized carbons (Fsp3) is 0.358. The highest BCUT2D eigenvalue weighted by Crippen LogP contribution is 2.39. The fourth-order valence-electron chi connectivity index (χ4n) is 8.43. The Morgan fingerprint density at radius 1 is 0.701 bits per heavy atom. The van der Waals surface area contributed by atoms with E-state index < -0.39 is 73.2 Å². The van der Waals surface area contributed by atoms with Crippen LogP contribution in [0.4, 0.5) is 0 Å². The van der Waals surface area contributed by atoms with Crippen LogP contribution >= 0.6 is 0 Å². The van der Waals surface area contributed by atoms with Crippen LogP contribution in [0.5, 0.6) is 11.5 Å². The maximum Gasteiger partial charge on any atom is 0.357 e. The number of aromatic nitrogens is 1. The van der Waals surface area contributed by atoms with E-state index in [1.807, 2.05) is 121 Å². The molecule has 3 aliphatic heterocycles. The average Bonchev–Trinajstić information content (AvgIpc) is 4.01. The van der Waals surface area contributed by atoms with Gasteiger partial charge in [0.05, 0.1) is 45.7 Å². The minimum atomic E-state index is -1.36. The lowest BCUT2D eigenvalue weighted by molar-refractivity contribution is -0.236. The summed E-state index contributed by atoms with van der Waals surface area (Å²) in [4.78, 5) is 18.9. The van der Waals surface area contributed by atoms with Gasteiger partial charge in [-0.15, -0.1) is 0 Å². The van der Waals surface area contributed by atoms with Gasteiger partial charge in [-0.2, -0.15) is 0 Å². The normalized spacial score (nSPS) is 26.1. The van der Waals surface area contributed by atoms with E-state index in [1.54, 1.807) is 51.3 Å². The van der Waals surface area contributed by atoms with Crippen LogP contribution in [0.1, 0.15) is 41.0 Å². The quantitative estimate of drug-likeness (QED) is 0.0795. The van der Waals surface area contributed by atoms with Crippen molar-refractivity contribution >= 4 is 16.9 Å². The van der Waals surface area contributed by atoms with E-state index in [0.29, 0.717) is 17.0 Å². The first kappa shape index (κ1) is 46.3. The second-order valence-corrected chi connectivity index (χ2v) is 17.0. The van der Waals surface area contributed by atoms with Crippen molar-refractivity contribution in [1.82, 2.24) is 4.98 Å². The Balaban J connectivity index is 1.06. The van der Waals surface area contributed by atoms with Crippen LogP contribution in [0, 0.1) is 0 Å². The molecule has 0 spiro atoms. The molecule has 3 saturated heterocycles. The molecule has 67 heavy (non-hydrogen) atoms. The summed E-state index contributed by atoms with van der Waals surface area (Å²) in [6.07, 6.45) is -10.5. The second-order valence-electron chi connectivity index (χ2n) is 17.0. The van der Waals surface area contributed by atoms with Crippen molar-refractivity contribution < 1.29 is 62.0 Å². The Bertz CT molecular complexity index is 2500. The van der Waals surface area contributed by atoms with Gasteiger partial charge in [0.25, 0.3) is 0 Å². The Morgan fingerprint density at radius 3 is 1.96 bits per heavy atom. The minimum absolute atomic E-state index is 0.0971. The molecule has 0 aliphatic carbocycles. The summed E-state index contributed by atoms with van der Waals surface area (Å²) in [5.74, 6) is -0.541. The lowest BCUT2D eigenvalue weighted by atomic mass is 10.0. The SMILES string of the molecule is COc1ccc(O[C@@H]2O[C@@H]([C@@H]3COC(C)(C)O3)[C@H](OC3O[C@@H]([C@H](COCc4ccccc4)OC(=O)c4ccc5ccccc5n4)[C@H](OCc4ccccc4)[C@H]3OCc3ccccc3)[C@H]2O)cc1. The molecule has 1 aromatic heterocycles. The number of nitrogens with zero attached hydrogens (tertiary/aromatic N) is 1. The van der Waals surface area contributed by atoms with Crippen molar-refractivity contribution in [2.45, 2.75) is 101 Å². The van der Waals surface area contributed by atoms with Gasteiger partial charge in [0, 0.05) is 5.39 Å². The number of pyridine rings is 1. The second kappa shape index (κ2) is 21.5. The smallest absolute Gasteiger partial charge is 0.357 e. The van der Waals surface area contributed by atoms with E-state index >= 15 is 0 Å². The maximum absolute atomic E-state index is 14.2. The van der Waals surface area contributed by atoms with E-state index in [4.69, 9.17) is 52.1 Å². The van der Waals surface area contributed by atoms with Crippen LogP contribution in [0.3, 0.4) is 0 Å². The first-order valence-corrected chi connectivity index (χ1v) is 22.5. The Morgan fingerprint density at radius 2 is 1.31 bits per heavy atom. The molecule has 10 atom stereocenters. The lowest BCUT2D eigenvalue weighted by Gasteiger charge is -2.30. The zero-order chi connectivity index (χ0) is 46.2. The highest BCUT2D eigenvalue weighted by molar-refractivity contribution is 5.91. The van der Waals surface area contributed by atoms with Gasteiger partial charge in [-0.05, 0) is 66.9 Å². The van der Waals surface area contributed by atoms with Gasteiger partial charge in [-0.25, -0.2) is 9.78 Å². The summed E-state index contributed by atoms with van der Waals surface area (Å²) in [5, 5.41) is 13.0. The van der Waals surface area contributed by atoms with Crippen molar-refractivity contribution in [1.29, 1.82) is 0 Å². The number of rotatable bonds is 19. The number of hydrogen-bond acceptors (Lipinski definition) is 14. The summed E-state index contributed by atoms with van der Waals surface area (Å²) in [6.45, 7) is 4.19. The molecule has 0 radical (unpaired) electrons. The highest BCUT2D eigenvalue weighted by Gasteiger charge is 2.58. The van der Waals surface area contributed by atoms with Crippen LogP contribution in [-0.2, 0) is 62.5 Å². The third kappa shape index (κ3) is 11.5. The van der Waals surface area contributed by atoms with Crippen molar-refractivity contribution in [3.63, 3.8) is 0 Å². The number of carbonyl (C=O) groups is 1.